The zero-order valence-electron chi connectivity index (χ0n) is 8.50. The molecule has 1 N–H and O–H groups in total. The summed E-state index contributed by atoms with van der Waals surface area (Å²) in [6.45, 7) is 2.43. The third-order valence-corrected chi connectivity index (χ3v) is 3.00. The zero-order valence-corrected chi connectivity index (χ0v) is 10.1. The summed E-state index contributed by atoms with van der Waals surface area (Å²) in [6, 6.07) is 0. The second kappa shape index (κ2) is 4.92. The highest BCUT2D eigenvalue weighted by molar-refractivity contribution is 9.10. The molecule has 0 aliphatic carbocycles. The topological polar surface area (TPSA) is 43.4 Å². The molecule has 82 valence electrons. The van der Waals surface area contributed by atoms with Crippen molar-refractivity contribution in [2.45, 2.75) is 6.10 Å². The number of nitrogens with one attached hydrogen (secondary N) is 1. The third kappa shape index (κ3) is 2.30. The first-order chi connectivity index (χ1) is 7.33. The van der Waals surface area contributed by atoms with Crippen LogP contribution in [0.4, 0.5) is 0 Å². The van der Waals surface area contributed by atoms with Crippen molar-refractivity contribution in [3.8, 4) is 5.75 Å². The van der Waals surface area contributed by atoms with Crippen molar-refractivity contribution in [3.05, 3.63) is 22.4 Å². The molecule has 1 saturated heterocycles. The van der Waals surface area contributed by atoms with Crippen LogP contribution in [-0.2, 0) is 4.74 Å². The molecule has 1 atom stereocenters. The summed E-state index contributed by atoms with van der Waals surface area (Å²) in [7, 11) is 1.64. The van der Waals surface area contributed by atoms with Crippen LogP contribution in [0.3, 0.4) is 0 Å². The molecule has 5 heteroatoms. The Kier molecular flexibility index (Phi) is 3.56. The van der Waals surface area contributed by atoms with Crippen LogP contribution >= 0.6 is 15.9 Å². The van der Waals surface area contributed by atoms with Crippen LogP contribution in [0, 0.1) is 0 Å². The molecule has 4 nitrogen and oxygen atoms in total. The molecule has 0 radical (unpaired) electrons. The van der Waals surface area contributed by atoms with E-state index < -0.39 is 0 Å². The van der Waals surface area contributed by atoms with E-state index in [1.54, 1.807) is 19.5 Å². The number of rotatable bonds is 2. The first kappa shape index (κ1) is 10.9. The van der Waals surface area contributed by atoms with Gasteiger partial charge in [-0.3, -0.25) is 4.98 Å². The van der Waals surface area contributed by atoms with Crippen molar-refractivity contribution in [1.82, 2.24) is 10.3 Å². The normalized spacial score (nSPS) is 21.3. The lowest BCUT2D eigenvalue weighted by molar-refractivity contribution is 0.0257. The number of hydrogen-bond donors (Lipinski definition) is 1. The summed E-state index contributed by atoms with van der Waals surface area (Å²) in [5.74, 6) is 0.762. The molecule has 1 fully saturated rings. The van der Waals surface area contributed by atoms with Crippen molar-refractivity contribution in [3.63, 3.8) is 0 Å². The van der Waals surface area contributed by atoms with Crippen LogP contribution in [0.1, 0.15) is 11.7 Å². The molecule has 0 spiro atoms. The summed E-state index contributed by atoms with van der Waals surface area (Å²) in [4.78, 5) is 4.06. The largest absolute Gasteiger partial charge is 0.495 e. The summed E-state index contributed by atoms with van der Waals surface area (Å²) in [6.07, 6.45) is 3.50. The highest BCUT2D eigenvalue weighted by Gasteiger charge is 2.22. The second-order valence-corrected chi connectivity index (χ2v) is 4.16. The van der Waals surface area contributed by atoms with Crippen molar-refractivity contribution in [2.75, 3.05) is 26.8 Å². The molecule has 2 heterocycles. The molecule has 0 aromatic carbocycles. The van der Waals surface area contributed by atoms with Crippen LogP contribution < -0.4 is 10.1 Å². The highest BCUT2D eigenvalue weighted by atomic mass is 79.9. The van der Waals surface area contributed by atoms with Gasteiger partial charge in [0.05, 0.1) is 26.0 Å². The highest BCUT2D eigenvalue weighted by Crippen LogP contribution is 2.33. The maximum Gasteiger partial charge on any atom is 0.144 e. The minimum absolute atomic E-state index is 0.0334. The number of pyridine rings is 1. The molecule has 1 aromatic rings. The van der Waals surface area contributed by atoms with Gasteiger partial charge < -0.3 is 14.8 Å². The Hall–Kier alpha value is -0.650. The van der Waals surface area contributed by atoms with Crippen LogP contribution in [0.25, 0.3) is 0 Å². The van der Waals surface area contributed by atoms with Crippen LogP contribution in [-0.4, -0.2) is 31.8 Å². The Morgan fingerprint density at radius 1 is 1.60 bits per heavy atom. The van der Waals surface area contributed by atoms with E-state index in [4.69, 9.17) is 9.47 Å². The number of aromatic nitrogens is 1. The Morgan fingerprint density at radius 2 is 2.47 bits per heavy atom. The lowest BCUT2D eigenvalue weighted by atomic mass is 10.1. The predicted octanol–water partition coefficient (Wildman–Crippen LogP) is 1.51. The summed E-state index contributed by atoms with van der Waals surface area (Å²) in [5, 5.41) is 3.29. The van der Waals surface area contributed by atoms with E-state index in [9.17, 15) is 0 Å². The first-order valence-corrected chi connectivity index (χ1v) is 5.62. The van der Waals surface area contributed by atoms with Gasteiger partial charge in [0.2, 0.25) is 0 Å². The van der Waals surface area contributed by atoms with Gasteiger partial charge in [-0.1, -0.05) is 0 Å². The number of morpholine rings is 1. The molecule has 1 aliphatic rings. The van der Waals surface area contributed by atoms with E-state index in [1.165, 1.54) is 0 Å². The molecular weight excluding hydrogens is 260 g/mol. The SMILES string of the molecule is COc1cncc(Br)c1C1CNCCO1. The van der Waals surface area contributed by atoms with Gasteiger partial charge in [0, 0.05) is 29.3 Å². The lowest BCUT2D eigenvalue weighted by Gasteiger charge is -2.25. The van der Waals surface area contributed by atoms with Crippen molar-refractivity contribution >= 4 is 15.9 Å². The molecule has 0 saturated carbocycles. The van der Waals surface area contributed by atoms with Gasteiger partial charge >= 0.3 is 0 Å². The van der Waals surface area contributed by atoms with Gasteiger partial charge in [-0.05, 0) is 15.9 Å². The monoisotopic (exact) mass is 272 g/mol. The Bertz CT molecular complexity index is 340. The molecule has 0 bridgehead atoms. The molecule has 0 amide bonds. The van der Waals surface area contributed by atoms with Gasteiger partial charge in [0.25, 0.3) is 0 Å². The van der Waals surface area contributed by atoms with E-state index >= 15 is 0 Å². The summed E-state index contributed by atoms with van der Waals surface area (Å²) < 4.78 is 11.9. The van der Waals surface area contributed by atoms with Crippen molar-refractivity contribution in [2.24, 2.45) is 0 Å². The van der Waals surface area contributed by atoms with Crippen molar-refractivity contribution < 1.29 is 9.47 Å². The molecule has 2 rings (SSSR count). The Labute approximate surface area is 97.1 Å². The maximum absolute atomic E-state index is 5.69. The number of hydrogen-bond acceptors (Lipinski definition) is 4. The molecule has 15 heavy (non-hydrogen) atoms. The van der Waals surface area contributed by atoms with Gasteiger partial charge in [-0.2, -0.15) is 0 Å². The molecule has 1 aliphatic heterocycles. The van der Waals surface area contributed by atoms with E-state index in [0.717, 1.165) is 35.5 Å². The number of nitrogens with zero attached hydrogens (tertiary/aromatic N) is 1. The standard InChI is InChI=1S/C10H13BrN2O2/c1-14-8-5-13-4-7(11)10(8)9-6-12-2-3-15-9/h4-5,9,12H,2-3,6H2,1H3. The maximum atomic E-state index is 5.69. The predicted molar refractivity (Wildman–Crippen MR) is 60.1 cm³/mol. The minimum Gasteiger partial charge on any atom is -0.495 e. The van der Waals surface area contributed by atoms with Crippen LogP contribution in [0.5, 0.6) is 5.75 Å². The van der Waals surface area contributed by atoms with Gasteiger partial charge in [-0.15, -0.1) is 0 Å². The summed E-state index contributed by atoms with van der Waals surface area (Å²) >= 11 is 3.47. The zero-order chi connectivity index (χ0) is 10.7. The van der Waals surface area contributed by atoms with E-state index in [-0.39, 0.29) is 6.10 Å². The number of methoxy groups -OCH3 is 1. The average Bonchev–Trinajstić information content (AvgIpc) is 2.29. The fourth-order valence-corrected chi connectivity index (χ4v) is 2.22. The smallest absolute Gasteiger partial charge is 0.144 e. The van der Waals surface area contributed by atoms with Crippen LogP contribution in [0.2, 0.25) is 0 Å². The lowest BCUT2D eigenvalue weighted by Crippen LogP contribution is -2.33. The first-order valence-electron chi connectivity index (χ1n) is 4.82. The van der Waals surface area contributed by atoms with Crippen LogP contribution in [0.15, 0.2) is 16.9 Å². The Morgan fingerprint density at radius 3 is 3.13 bits per heavy atom. The number of halogens is 1. The number of ether oxygens (including phenoxy) is 2. The third-order valence-electron chi connectivity index (χ3n) is 2.37. The molecule has 1 unspecified atom stereocenters. The summed E-state index contributed by atoms with van der Waals surface area (Å²) in [5.41, 5.74) is 1.03. The van der Waals surface area contributed by atoms with E-state index in [1.807, 2.05) is 0 Å². The second-order valence-electron chi connectivity index (χ2n) is 3.30. The quantitative estimate of drug-likeness (QED) is 0.887. The van der Waals surface area contributed by atoms with Gasteiger partial charge in [-0.25, -0.2) is 0 Å². The van der Waals surface area contributed by atoms with Gasteiger partial charge in [0.15, 0.2) is 0 Å². The fraction of sp³-hybridized carbons (Fsp3) is 0.500. The average molecular weight is 273 g/mol. The minimum atomic E-state index is 0.0334. The Balaban J connectivity index is 2.31. The van der Waals surface area contributed by atoms with Crippen molar-refractivity contribution in [1.29, 1.82) is 0 Å². The van der Waals surface area contributed by atoms with E-state index in [2.05, 4.69) is 26.2 Å². The fourth-order valence-electron chi connectivity index (χ4n) is 1.65. The molecular formula is C10H13BrN2O2. The van der Waals surface area contributed by atoms with E-state index in [0.29, 0.717) is 0 Å². The van der Waals surface area contributed by atoms with Gasteiger partial charge in [0.1, 0.15) is 5.75 Å². The molecule has 1 aromatic heterocycles.